The third kappa shape index (κ3) is 6.07. The van der Waals surface area contributed by atoms with Gasteiger partial charge in [0.25, 0.3) is 5.56 Å². The second-order valence-corrected chi connectivity index (χ2v) is 12.1. The summed E-state index contributed by atoms with van der Waals surface area (Å²) in [6, 6.07) is 15.5. The van der Waals surface area contributed by atoms with Crippen molar-refractivity contribution in [1.82, 2.24) is 4.57 Å². The Bertz CT molecular complexity index is 1930. The number of carbonyl (C=O) groups excluding carboxylic acids is 2. The summed E-state index contributed by atoms with van der Waals surface area (Å²) in [4.78, 5) is 45.1. The van der Waals surface area contributed by atoms with Crippen molar-refractivity contribution in [2.45, 2.75) is 52.5 Å². The van der Waals surface area contributed by atoms with E-state index in [0.717, 1.165) is 17.5 Å². The standard InChI is InChI=1S/C34H33ClN2O6S/c1-6-8-26-29(33(40)42-7-2)30(21-11-9-20(10-12-21)19(3)4)37-31(38)28(44-34(37)36-26)18-23-14-16-27(43-23)25-17-22(35)13-15-24(25)32(39)41-5/h9-19,30H,6-8H2,1-5H3/b28-18+/t30-/m0/s1. The molecule has 0 N–H and O–H groups in total. The Labute approximate surface area is 263 Å². The van der Waals surface area contributed by atoms with E-state index in [4.69, 9.17) is 30.5 Å². The number of carbonyl (C=O) groups is 2. The monoisotopic (exact) mass is 632 g/mol. The minimum Gasteiger partial charge on any atom is -0.465 e. The molecule has 0 bridgehead atoms. The number of aromatic nitrogens is 1. The molecule has 0 saturated carbocycles. The molecule has 3 heterocycles. The van der Waals surface area contributed by atoms with Crippen molar-refractivity contribution >= 4 is 41.0 Å². The summed E-state index contributed by atoms with van der Waals surface area (Å²) in [5.74, 6) is 0.118. The quantitative estimate of drug-likeness (QED) is 0.198. The molecule has 0 amide bonds. The molecule has 0 spiro atoms. The molecule has 2 aromatic heterocycles. The number of fused-ring (bicyclic) bond motifs is 1. The highest BCUT2D eigenvalue weighted by molar-refractivity contribution is 7.07. The average Bonchev–Trinajstić information content (AvgIpc) is 3.60. The molecule has 0 saturated heterocycles. The average molecular weight is 633 g/mol. The molecule has 1 atom stereocenters. The van der Waals surface area contributed by atoms with Crippen LogP contribution in [-0.2, 0) is 14.3 Å². The Morgan fingerprint density at radius 2 is 1.84 bits per heavy atom. The Morgan fingerprint density at radius 3 is 2.50 bits per heavy atom. The van der Waals surface area contributed by atoms with Gasteiger partial charge >= 0.3 is 11.9 Å². The van der Waals surface area contributed by atoms with Crippen LogP contribution in [0.1, 0.15) is 79.7 Å². The van der Waals surface area contributed by atoms with E-state index in [0.29, 0.717) is 60.6 Å². The van der Waals surface area contributed by atoms with Crippen molar-refractivity contribution in [1.29, 1.82) is 0 Å². The summed E-state index contributed by atoms with van der Waals surface area (Å²) in [5, 5.41) is 0.431. The molecule has 8 nitrogen and oxygen atoms in total. The molecular weight excluding hydrogens is 600 g/mol. The molecule has 0 fully saturated rings. The van der Waals surface area contributed by atoms with Crippen LogP contribution in [0.2, 0.25) is 5.02 Å². The summed E-state index contributed by atoms with van der Waals surface area (Å²) < 4.78 is 18.4. The number of esters is 2. The number of methoxy groups -OCH3 is 1. The van der Waals surface area contributed by atoms with Gasteiger partial charge in [-0.05, 0) is 60.7 Å². The van der Waals surface area contributed by atoms with Crippen molar-refractivity contribution < 1.29 is 23.5 Å². The molecular formula is C34H33ClN2O6S. The number of nitrogens with zero attached hydrogens (tertiary/aromatic N) is 2. The molecule has 44 heavy (non-hydrogen) atoms. The van der Waals surface area contributed by atoms with Gasteiger partial charge in [0, 0.05) is 16.7 Å². The van der Waals surface area contributed by atoms with Gasteiger partial charge in [-0.25, -0.2) is 14.6 Å². The summed E-state index contributed by atoms with van der Waals surface area (Å²) in [7, 11) is 1.30. The largest absolute Gasteiger partial charge is 0.465 e. The fraction of sp³-hybridized carbons (Fsp3) is 0.294. The van der Waals surface area contributed by atoms with Gasteiger partial charge in [0.05, 0.1) is 41.1 Å². The second-order valence-electron chi connectivity index (χ2n) is 10.6. The molecule has 0 aliphatic carbocycles. The smallest absolute Gasteiger partial charge is 0.338 e. The predicted octanol–water partition coefficient (Wildman–Crippen LogP) is 6.40. The summed E-state index contributed by atoms with van der Waals surface area (Å²) >= 11 is 7.44. The van der Waals surface area contributed by atoms with Gasteiger partial charge in [0.1, 0.15) is 11.5 Å². The summed E-state index contributed by atoms with van der Waals surface area (Å²) in [5.41, 5.74) is 3.41. The molecule has 0 unspecified atom stereocenters. The fourth-order valence-electron chi connectivity index (χ4n) is 5.21. The molecule has 1 aliphatic rings. The van der Waals surface area contributed by atoms with Crippen molar-refractivity contribution in [3.63, 3.8) is 0 Å². The number of allylic oxidation sites excluding steroid dienone is 1. The molecule has 5 rings (SSSR count). The van der Waals surface area contributed by atoms with E-state index in [1.165, 1.54) is 18.4 Å². The van der Waals surface area contributed by atoms with Crippen LogP contribution in [0.3, 0.4) is 0 Å². The molecule has 228 valence electrons. The number of halogens is 1. The first-order valence-electron chi connectivity index (χ1n) is 14.5. The normalized spacial score (nSPS) is 14.9. The Morgan fingerprint density at radius 1 is 1.09 bits per heavy atom. The lowest BCUT2D eigenvalue weighted by Crippen LogP contribution is -2.40. The van der Waals surface area contributed by atoms with E-state index >= 15 is 0 Å². The third-order valence-electron chi connectivity index (χ3n) is 7.36. The van der Waals surface area contributed by atoms with Gasteiger partial charge in [-0.3, -0.25) is 9.36 Å². The summed E-state index contributed by atoms with van der Waals surface area (Å²) in [6.45, 7) is 8.21. The number of ether oxygens (including phenoxy) is 2. The number of rotatable bonds is 9. The first-order chi connectivity index (χ1) is 21.2. The number of furan rings is 1. The number of benzene rings is 2. The zero-order valence-electron chi connectivity index (χ0n) is 25.2. The highest BCUT2D eigenvalue weighted by Gasteiger charge is 2.34. The lowest BCUT2D eigenvalue weighted by atomic mass is 9.92. The van der Waals surface area contributed by atoms with E-state index in [-0.39, 0.29) is 12.2 Å². The maximum Gasteiger partial charge on any atom is 0.338 e. The predicted molar refractivity (Wildman–Crippen MR) is 171 cm³/mol. The number of thiazole rings is 1. The molecule has 1 aliphatic heterocycles. The zero-order chi connectivity index (χ0) is 31.5. The van der Waals surface area contributed by atoms with Crippen LogP contribution in [0.4, 0.5) is 0 Å². The van der Waals surface area contributed by atoms with Crippen molar-refractivity contribution in [3.8, 4) is 11.3 Å². The number of hydrogen-bond donors (Lipinski definition) is 0. The van der Waals surface area contributed by atoms with E-state index in [1.807, 2.05) is 31.2 Å². The van der Waals surface area contributed by atoms with Gasteiger partial charge in [-0.1, -0.05) is 74.4 Å². The van der Waals surface area contributed by atoms with Crippen LogP contribution in [0.15, 0.2) is 80.1 Å². The highest BCUT2D eigenvalue weighted by atomic mass is 35.5. The van der Waals surface area contributed by atoms with Crippen LogP contribution in [0.25, 0.3) is 17.4 Å². The third-order valence-corrected chi connectivity index (χ3v) is 8.58. The lowest BCUT2D eigenvalue weighted by Gasteiger charge is -2.26. The maximum atomic E-state index is 14.1. The Hall–Kier alpha value is -4.21. The molecule has 0 radical (unpaired) electrons. The Kier molecular flexibility index (Phi) is 9.36. The topological polar surface area (TPSA) is 100 Å². The van der Waals surface area contributed by atoms with Gasteiger partial charge in [-0.2, -0.15) is 0 Å². The molecule has 2 aromatic carbocycles. The lowest BCUT2D eigenvalue weighted by molar-refractivity contribution is -0.139. The van der Waals surface area contributed by atoms with Gasteiger partial charge < -0.3 is 13.9 Å². The minimum absolute atomic E-state index is 0.205. The fourth-order valence-corrected chi connectivity index (χ4v) is 6.38. The van der Waals surface area contributed by atoms with Crippen LogP contribution in [-0.4, -0.2) is 30.2 Å². The highest BCUT2D eigenvalue weighted by Crippen LogP contribution is 2.34. The first-order valence-corrected chi connectivity index (χ1v) is 15.7. The van der Waals surface area contributed by atoms with Gasteiger partial charge in [0.15, 0.2) is 4.80 Å². The summed E-state index contributed by atoms with van der Waals surface area (Å²) in [6.07, 6.45) is 2.97. The minimum atomic E-state index is -0.698. The van der Waals surface area contributed by atoms with Gasteiger partial charge in [-0.15, -0.1) is 0 Å². The van der Waals surface area contributed by atoms with Crippen LogP contribution in [0, 0.1) is 0 Å². The van der Waals surface area contributed by atoms with E-state index in [9.17, 15) is 14.4 Å². The van der Waals surface area contributed by atoms with Crippen molar-refractivity contribution in [2.75, 3.05) is 13.7 Å². The van der Waals surface area contributed by atoms with E-state index in [2.05, 4.69) is 13.8 Å². The SMILES string of the molecule is CCCC1=C(C(=O)OCC)[C@H](c2ccc(C(C)C)cc2)n2c(s/c(=C/c3ccc(-c4cc(Cl)ccc4C(=O)OC)o3)c2=O)=N1. The van der Waals surface area contributed by atoms with Crippen molar-refractivity contribution in [2.24, 2.45) is 4.99 Å². The first kappa shape index (κ1) is 31.2. The van der Waals surface area contributed by atoms with Crippen molar-refractivity contribution in [3.05, 3.63) is 113 Å². The maximum absolute atomic E-state index is 14.1. The zero-order valence-corrected chi connectivity index (χ0v) is 26.8. The van der Waals surface area contributed by atoms with E-state index in [1.54, 1.807) is 47.9 Å². The number of hydrogen-bond acceptors (Lipinski definition) is 8. The molecule has 10 heteroatoms. The second kappa shape index (κ2) is 13.2. The van der Waals surface area contributed by atoms with Crippen LogP contribution < -0.4 is 14.9 Å². The Balaban J connectivity index is 1.66. The van der Waals surface area contributed by atoms with Gasteiger partial charge in [0.2, 0.25) is 0 Å². The van der Waals surface area contributed by atoms with E-state index < -0.39 is 18.0 Å². The van der Waals surface area contributed by atoms with Crippen LogP contribution >= 0.6 is 22.9 Å². The molecule has 4 aromatic rings. The van der Waals surface area contributed by atoms with Crippen LogP contribution in [0.5, 0.6) is 0 Å².